The van der Waals surface area contributed by atoms with E-state index in [-0.39, 0.29) is 17.8 Å². The Hall–Kier alpha value is -4.79. The zero-order valence-electron chi connectivity index (χ0n) is 23.4. The van der Waals surface area contributed by atoms with Crippen LogP contribution in [0.15, 0.2) is 72.8 Å². The lowest BCUT2D eigenvalue weighted by Gasteiger charge is -2.25. The first-order valence-corrected chi connectivity index (χ1v) is 14.6. The third-order valence-electron chi connectivity index (χ3n) is 8.41. The van der Waals surface area contributed by atoms with Crippen molar-refractivity contribution in [3.8, 4) is 22.6 Å². The highest BCUT2D eigenvalue weighted by atomic mass is 19.1. The normalized spacial score (nSPS) is 17.6. The Morgan fingerprint density at radius 2 is 1.93 bits per heavy atom. The summed E-state index contributed by atoms with van der Waals surface area (Å²) >= 11 is 0. The summed E-state index contributed by atoms with van der Waals surface area (Å²) in [7, 11) is 0. The number of aromatic nitrogens is 5. The van der Waals surface area contributed by atoms with Gasteiger partial charge in [-0.1, -0.05) is 31.4 Å². The molecule has 1 aliphatic heterocycles. The van der Waals surface area contributed by atoms with E-state index in [0.717, 1.165) is 57.4 Å². The van der Waals surface area contributed by atoms with E-state index < -0.39 is 0 Å². The van der Waals surface area contributed by atoms with Crippen LogP contribution in [0.1, 0.15) is 51.0 Å². The second-order valence-electron chi connectivity index (χ2n) is 11.4. The van der Waals surface area contributed by atoms with Gasteiger partial charge in [-0.15, -0.1) is 0 Å². The number of H-pyrrole nitrogens is 2. The van der Waals surface area contributed by atoms with Crippen molar-refractivity contribution in [3.05, 3.63) is 84.2 Å². The van der Waals surface area contributed by atoms with Gasteiger partial charge in [0, 0.05) is 63.7 Å². The number of nitrogens with one attached hydrogen (secondary N) is 4. The molecule has 2 aliphatic rings. The van der Waals surface area contributed by atoms with Crippen LogP contribution in [-0.2, 0) is 4.79 Å². The molecule has 5 aromatic rings. The minimum Gasteiger partial charge on any atom is -0.382 e. The van der Waals surface area contributed by atoms with Crippen molar-refractivity contribution >= 4 is 33.4 Å². The van der Waals surface area contributed by atoms with Gasteiger partial charge in [0.25, 0.3) is 0 Å². The molecule has 212 valence electrons. The van der Waals surface area contributed by atoms with Gasteiger partial charge in [-0.05, 0) is 62.1 Å². The van der Waals surface area contributed by atoms with Gasteiger partial charge in [0.1, 0.15) is 5.82 Å². The molecule has 1 fully saturated rings. The summed E-state index contributed by atoms with van der Waals surface area (Å²) in [6.45, 7) is 2.04. The smallest absolute Gasteiger partial charge is 0.224 e. The molecule has 4 aromatic heterocycles. The molecule has 1 saturated carbocycles. The van der Waals surface area contributed by atoms with Crippen molar-refractivity contribution in [2.24, 2.45) is 5.92 Å². The minimum atomic E-state index is -0.304. The number of pyridine rings is 2. The van der Waals surface area contributed by atoms with Gasteiger partial charge in [-0.2, -0.15) is 5.10 Å². The van der Waals surface area contributed by atoms with Crippen molar-refractivity contribution in [1.82, 2.24) is 35.8 Å². The second-order valence-corrected chi connectivity index (χ2v) is 11.4. The number of amides is 1. The average molecular weight is 562 g/mol. The lowest BCUT2D eigenvalue weighted by Crippen LogP contribution is -2.37. The summed E-state index contributed by atoms with van der Waals surface area (Å²) in [5.41, 5.74) is 7.20. The summed E-state index contributed by atoms with van der Waals surface area (Å²) < 4.78 is 14.0. The van der Waals surface area contributed by atoms with Crippen LogP contribution >= 0.6 is 0 Å². The lowest BCUT2D eigenvalue weighted by molar-refractivity contribution is -0.121. The largest absolute Gasteiger partial charge is 0.382 e. The molecule has 4 N–H and O–H groups in total. The number of halogens is 1. The van der Waals surface area contributed by atoms with Gasteiger partial charge in [0.15, 0.2) is 5.65 Å². The van der Waals surface area contributed by atoms with Gasteiger partial charge in [-0.3, -0.25) is 14.9 Å². The van der Waals surface area contributed by atoms with E-state index in [0.29, 0.717) is 29.2 Å². The first-order valence-electron chi connectivity index (χ1n) is 14.6. The maximum Gasteiger partial charge on any atom is 0.224 e. The summed E-state index contributed by atoms with van der Waals surface area (Å²) in [5, 5.41) is 15.9. The first-order chi connectivity index (χ1) is 20.5. The summed E-state index contributed by atoms with van der Waals surface area (Å²) in [6, 6.07) is 12.4. The third-order valence-corrected chi connectivity index (χ3v) is 8.41. The van der Waals surface area contributed by atoms with E-state index in [1.54, 1.807) is 18.5 Å². The van der Waals surface area contributed by atoms with Crippen LogP contribution in [0.25, 0.3) is 50.2 Å². The van der Waals surface area contributed by atoms with Crippen molar-refractivity contribution in [2.75, 3.05) is 0 Å². The van der Waals surface area contributed by atoms with Crippen molar-refractivity contribution < 1.29 is 9.18 Å². The summed E-state index contributed by atoms with van der Waals surface area (Å²) in [4.78, 5) is 25.5. The number of nitrogens with zero attached hydrogens (tertiary/aromatic N) is 3. The van der Waals surface area contributed by atoms with Gasteiger partial charge in [0.2, 0.25) is 5.91 Å². The van der Waals surface area contributed by atoms with Crippen LogP contribution in [0.5, 0.6) is 0 Å². The van der Waals surface area contributed by atoms with E-state index >= 15 is 0 Å². The molecule has 1 aliphatic carbocycles. The number of carbonyl (C=O) groups is 1. The van der Waals surface area contributed by atoms with E-state index in [4.69, 9.17) is 0 Å². The summed E-state index contributed by atoms with van der Waals surface area (Å²) in [6.07, 6.45) is 14.1. The average Bonchev–Trinajstić information content (AvgIpc) is 3.62. The van der Waals surface area contributed by atoms with Gasteiger partial charge in [-0.25, -0.2) is 9.37 Å². The molecule has 1 aromatic carbocycles. The molecule has 9 heteroatoms. The fourth-order valence-corrected chi connectivity index (χ4v) is 6.13. The SMILES string of the molecule is CC1NC=C(c2cnc3n[nH]c(-c4cc5c(-c6cccc(F)c6)nccc5[nH]4)c3c2)C=C1NC(=O)CC1CCCCC1. The van der Waals surface area contributed by atoms with Crippen molar-refractivity contribution in [3.63, 3.8) is 0 Å². The maximum absolute atomic E-state index is 14.0. The lowest BCUT2D eigenvalue weighted by atomic mass is 9.87. The standard InChI is InChI=1S/C33H32FN7O/c1-19-28(39-30(42)12-20-6-3-2-4-7-20)15-23(17-36-19)22-14-26-32(40-41-33(26)37-18-22)29-16-25-27(38-29)10-11-35-31(25)21-8-5-9-24(34)13-21/h5,8-11,13-20,36,38H,2-4,6-7,12H2,1H3,(H,39,42)(H,37,40,41). The Morgan fingerprint density at radius 3 is 2.79 bits per heavy atom. The van der Waals surface area contributed by atoms with Crippen molar-refractivity contribution in [1.29, 1.82) is 0 Å². The molecule has 1 unspecified atom stereocenters. The predicted molar refractivity (Wildman–Crippen MR) is 162 cm³/mol. The van der Waals surface area contributed by atoms with E-state index in [2.05, 4.69) is 41.8 Å². The minimum absolute atomic E-state index is 0.00234. The van der Waals surface area contributed by atoms with Crippen LogP contribution in [0.2, 0.25) is 0 Å². The Bertz CT molecular complexity index is 1860. The Labute approximate surface area is 242 Å². The molecule has 5 heterocycles. The number of hydrogen-bond donors (Lipinski definition) is 4. The van der Waals surface area contributed by atoms with Gasteiger partial charge < -0.3 is 15.6 Å². The maximum atomic E-state index is 14.0. The van der Waals surface area contributed by atoms with Crippen LogP contribution in [-0.4, -0.2) is 37.1 Å². The number of allylic oxidation sites excluding steroid dienone is 2. The number of dihydropyridines is 1. The molecule has 0 saturated heterocycles. The fourth-order valence-electron chi connectivity index (χ4n) is 6.13. The second kappa shape index (κ2) is 10.9. The highest BCUT2D eigenvalue weighted by Gasteiger charge is 2.21. The third kappa shape index (κ3) is 5.06. The zero-order chi connectivity index (χ0) is 28.6. The molecule has 42 heavy (non-hydrogen) atoms. The van der Waals surface area contributed by atoms with Crippen molar-refractivity contribution in [2.45, 2.75) is 51.5 Å². The number of hydrogen-bond acceptors (Lipinski definition) is 5. The molecule has 8 nitrogen and oxygen atoms in total. The molecular weight excluding hydrogens is 529 g/mol. The molecule has 1 amide bonds. The molecule has 0 spiro atoms. The highest BCUT2D eigenvalue weighted by molar-refractivity contribution is 6.00. The van der Waals surface area contributed by atoms with Crippen LogP contribution in [0.4, 0.5) is 4.39 Å². The molecule has 0 bridgehead atoms. The van der Waals surface area contributed by atoms with E-state index in [9.17, 15) is 9.18 Å². The molecule has 1 atom stereocenters. The van der Waals surface area contributed by atoms with E-state index in [1.165, 1.54) is 31.4 Å². The Morgan fingerprint density at radius 1 is 1.05 bits per heavy atom. The number of rotatable bonds is 6. The molecular formula is C33H32FN7O. The van der Waals surface area contributed by atoms with E-state index in [1.807, 2.05) is 37.4 Å². The van der Waals surface area contributed by atoms with Crippen LogP contribution in [0.3, 0.4) is 0 Å². The zero-order valence-corrected chi connectivity index (χ0v) is 23.4. The number of benzene rings is 1. The highest BCUT2D eigenvalue weighted by Crippen LogP contribution is 2.34. The molecule has 7 rings (SSSR count). The number of fused-ring (bicyclic) bond motifs is 2. The van der Waals surface area contributed by atoms with Gasteiger partial charge in [0.05, 0.1) is 23.1 Å². The summed E-state index contributed by atoms with van der Waals surface area (Å²) in [5.74, 6) is 0.263. The van der Waals surface area contributed by atoms with Crippen LogP contribution < -0.4 is 10.6 Å². The fraction of sp³-hybridized carbons (Fsp3) is 0.273. The topological polar surface area (TPSA) is 111 Å². The first kappa shape index (κ1) is 26.1. The molecule has 0 radical (unpaired) electrons. The van der Waals surface area contributed by atoms with Gasteiger partial charge >= 0.3 is 0 Å². The monoisotopic (exact) mass is 561 g/mol. The number of aromatic amines is 2. The predicted octanol–water partition coefficient (Wildman–Crippen LogP) is 6.61. The quantitative estimate of drug-likeness (QED) is 0.186. The Balaban J connectivity index is 1.19. The van der Waals surface area contributed by atoms with Crippen LogP contribution in [0, 0.1) is 11.7 Å². The Kier molecular flexibility index (Phi) is 6.77. The number of carbonyl (C=O) groups excluding carboxylic acids is 1.